The summed E-state index contributed by atoms with van der Waals surface area (Å²) in [5, 5.41) is 3.09. The van der Waals surface area contributed by atoms with Crippen molar-refractivity contribution in [3.8, 4) is 0 Å². The molecular formula is C18H49N3. The molecule has 21 heavy (non-hydrogen) atoms. The third-order valence-electron chi connectivity index (χ3n) is 2.61. The largest absolute Gasteiger partial charge is 0.318 e. The number of hydrogen-bond donors (Lipinski definition) is 1. The molecule has 1 saturated heterocycles. The van der Waals surface area contributed by atoms with Crippen molar-refractivity contribution >= 4 is 0 Å². The fourth-order valence-electron chi connectivity index (χ4n) is 1.34. The van der Waals surface area contributed by atoms with Gasteiger partial charge in [0.05, 0.1) is 0 Å². The lowest BCUT2D eigenvalue weighted by atomic mass is 10.4. The van der Waals surface area contributed by atoms with Crippen LogP contribution in [0.15, 0.2) is 0 Å². The first-order chi connectivity index (χ1) is 9.70. The number of nitrogens with one attached hydrogen (secondary N) is 1. The van der Waals surface area contributed by atoms with E-state index < -0.39 is 0 Å². The van der Waals surface area contributed by atoms with Crippen molar-refractivity contribution in [3.05, 3.63) is 0 Å². The lowest BCUT2D eigenvalue weighted by Crippen LogP contribution is -2.26. The van der Waals surface area contributed by atoms with Crippen LogP contribution >= 0.6 is 0 Å². The Morgan fingerprint density at radius 1 is 0.952 bits per heavy atom. The van der Waals surface area contributed by atoms with E-state index in [4.69, 9.17) is 0 Å². The second-order valence-corrected chi connectivity index (χ2v) is 4.01. The third-order valence-corrected chi connectivity index (χ3v) is 2.61. The van der Waals surface area contributed by atoms with Crippen molar-refractivity contribution < 1.29 is 0 Å². The quantitative estimate of drug-likeness (QED) is 0.820. The maximum Gasteiger partial charge on any atom is 0.0104 e. The summed E-state index contributed by atoms with van der Waals surface area (Å²) >= 11 is 0. The van der Waals surface area contributed by atoms with E-state index in [9.17, 15) is 0 Å². The highest BCUT2D eigenvalue weighted by Crippen LogP contribution is 2.02. The first-order valence-electron chi connectivity index (χ1n) is 8.72. The second-order valence-electron chi connectivity index (χ2n) is 4.01. The normalized spacial score (nSPS) is 12.1. The first-order valence-corrected chi connectivity index (χ1v) is 8.72. The maximum absolute atomic E-state index is 3.09. The number of rotatable bonds is 4. The molecule has 0 radical (unpaired) electrons. The molecule has 0 aromatic heterocycles. The van der Waals surface area contributed by atoms with E-state index >= 15 is 0 Å². The molecule has 0 spiro atoms. The topological polar surface area (TPSA) is 18.5 Å². The highest BCUT2D eigenvalue weighted by Gasteiger charge is 2.03. The van der Waals surface area contributed by atoms with E-state index in [1.165, 1.54) is 25.9 Å². The Morgan fingerprint density at radius 2 is 1.33 bits per heavy atom. The summed E-state index contributed by atoms with van der Waals surface area (Å²) in [6.07, 6.45) is 2.83. The highest BCUT2D eigenvalue weighted by atomic mass is 15.1. The highest BCUT2D eigenvalue weighted by molar-refractivity contribution is 4.59. The van der Waals surface area contributed by atoms with Crippen molar-refractivity contribution in [2.75, 3.05) is 53.9 Å². The average Bonchev–Trinajstić information content (AvgIpc) is 3.02. The Bertz CT molecular complexity index is 113. The van der Waals surface area contributed by atoms with Gasteiger partial charge in [-0.1, -0.05) is 55.9 Å². The van der Waals surface area contributed by atoms with Crippen molar-refractivity contribution in [1.82, 2.24) is 15.1 Å². The van der Waals surface area contributed by atoms with Gasteiger partial charge in [0, 0.05) is 13.1 Å². The molecule has 3 nitrogen and oxygen atoms in total. The van der Waals surface area contributed by atoms with E-state index in [1.54, 1.807) is 0 Å². The molecule has 1 aliphatic rings. The van der Waals surface area contributed by atoms with Gasteiger partial charge in [-0.15, -0.1) is 0 Å². The van der Waals surface area contributed by atoms with Gasteiger partial charge >= 0.3 is 0 Å². The van der Waals surface area contributed by atoms with Gasteiger partial charge in [-0.3, -0.25) is 0 Å². The molecule has 3 heteroatoms. The summed E-state index contributed by atoms with van der Waals surface area (Å²) in [6, 6.07) is 0. The zero-order valence-corrected chi connectivity index (χ0v) is 16.3. The fraction of sp³-hybridized carbons (Fsp3) is 1.00. The molecule has 1 aliphatic heterocycles. The van der Waals surface area contributed by atoms with E-state index in [0.717, 1.165) is 19.6 Å². The molecule has 0 saturated carbocycles. The van der Waals surface area contributed by atoms with Crippen molar-refractivity contribution in [2.24, 2.45) is 0 Å². The van der Waals surface area contributed by atoms with Gasteiger partial charge in [0.1, 0.15) is 0 Å². The predicted molar refractivity (Wildman–Crippen MR) is 105 cm³/mol. The maximum atomic E-state index is 3.09. The summed E-state index contributed by atoms with van der Waals surface area (Å²) in [7, 11) is 6.27. The first kappa shape index (κ1) is 32.7. The Hall–Kier alpha value is -0.120. The SMILES string of the molecule is C.CC.CC.CC.CCN(C)CCNC.CN1CCCC1. The molecule has 0 aromatic rings. The van der Waals surface area contributed by atoms with Crippen LogP contribution in [0.2, 0.25) is 0 Å². The molecule has 0 atom stereocenters. The Morgan fingerprint density at radius 3 is 1.52 bits per heavy atom. The molecule has 0 amide bonds. The molecule has 1 N–H and O–H groups in total. The van der Waals surface area contributed by atoms with Crippen LogP contribution in [0.4, 0.5) is 0 Å². The summed E-state index contributed by atoms with van der Waals surface area (Å²) in [6.45, 7) is 20.2. The molecule has 0 unspecified atom stereocenters. The Kier molecular flexibility index (Phi) is 57.3. The van der Waals surface area contributed by atoms with Crippen LogP contribution in [0.5, 0.6) is 0 Å². The van der Waals surface area contributed by atoms with Crippen molar-refractivity contribution in [2.45, 2.75) is 68.7 Å². The monoisotopic (exact) mass is 307 g/mol. The van der Waals surface area contributed by atoms with Crippen LogP contribution in [-0.2, 0) is 0 Å². The van der Waals surface area contributed by atoms with Gasteiger partial charge in [0.15, 0.2) is 0 Å². The minimum Gasteiger partial charge on any atom is -0.318 e. The predicted octanol–water partition coefficient (Wildman–Crippen LogP) is 4.58. The molecule has 0 aromatic carbocycles. The van der Waals surface area contributed by atoms with Crippen LogP contribution in [-0.4, -0.2) is 63.7 Å². The second kappa shape index (κ2) is 36.8. The van der Waals surface area contributed by atoms with Crippen LogP contribution in [0.3, 0.4) is 0 Å². The molecule has 0 aliphatic carbocycles. The summed E-state index contributed by atoms with van der Waals surface area (Å²) in [5.41, 5.74) is 0. The van der Waals surface area contributed by atoms with Crippen LogP contribution < -0.4 is 5.32 Å². The van der Waals surface area contributed by atoms with E-state index in [2.05, 4.69) is 36.1 Å². The van der Waals surface area contributed by atoms with Gasteiger partial charge in [0.2, 0.25) is 0 Å². The van der Waals surface area contributed by atoms with Crippen molar-refractivity contribution in [3.63, 3.8) is 0 Å². The minimum absolute atomic E-state index is 0. The molecule has 136 valence electrons. The smallest absolute Gasteiger partial charge is 0.0104 e. The third kappa shape index (κ3) is 38.3. The minimum atomic E-state index is 0. The summed E-state index contributed by atoms with van der Waals surface area (Å²) < 4.78 is 0. The lowest BCUT2D eigenvalue weighted by Gasteiger charge is -2.11. The zero-order valence-electron chi connectivity index (χ0n) is 16.3. The van der Waals surface area contributed by atoms with Crippen LogP contribution in [0.1, 0.15) is 68.7 Å². The molecule has 1 heterocycles. The van der Waals surface area contributed by atoms with Crippen molar-refractivity contribution in [1.29, 1.82) is 0 Å². The van der Waals surface area contributed by atoms with Gasteiger partial charge in [0.25, 0.3) is 0 Å². The number of likely N-dealkylation sites (tertiary alicyclic amines) is 1. The van der Waals surface area contributed by atoms with Gasteiger partial charge in [-0.25, -0.2) is 0 Å². The molecular weight excluding hydrogens is 258 g/mol. The summed E-state index contributed by atoms with van der Waals surface area (Å²) in [5.74, 6) is 0. The standard InChI is InChI=1S/C6H16N2.C5H11N.3C2H6.CH4/c1-4-8(3)6-5-7-2;1-6-4-2-3-5-6;3*1-2;/h7H,4-6H2,1-3H3;2-5H2,1H3;3*1-2H3;1H4. The van der Waals surface area contributed by atoms with Crippen LogP contribution in [0, 0.1) is 0 Å². The van der Waals surface area contributed by atoms with E-state index in [1.807, 2.05) is 48.6 Å². The number of likely N-dealkylation sites (N-methyl/N-ethyl adjacent to an activating group) is 2. The van der Waals surface area contributed by atoms with Gasteiger partial charge in [-0.05, 0) is 53.6 Å². The summed E-state index contributed by atoms with van der Waals surface area (Å²) in [4.78, 5) is 4.64. The fourth-order valence-corrected chi connectivity index (χ4v) is 1.34. The lowest BCUT2D eigenvalue weighted by molar-refractivity contribution is 0.354. The van der Waals surface area contributed by atoms with E-state index in [-0.39, 0.29) is 7.43 Å². The number of hydrogen-bond acceptors (Lipinski definition) is 3. The average molecular weight is 308 g/mol. The molecule has 0 bridgehead atoms. The zero-order chi connectivity index (χ0) is 16.8. The van der Waals surface area contributed by atoms with Gasteiger partial charge < -0.3 is 15.1 Å². The Labute approximate surface area is 138 Å². The molecule has 1 rings (SSSR count). The Balaban J connectivity index is -0.0000000585. The van der Waals surface area contributed by atoms with E-state index in [0.29, 0.717) is 0 Å². The van der Waals surface area contributed by atoms with Crippen LogP contribution in [0.25, 0.3) is 0 Å². The number of nitrogens with zero attached hydrogens (tertiary/aromatic N) is 2. The van der Waals surface area contributed by atoms with Gasteiger partial charge in [-0.2, -0.15) is 0 Å². The molecule has 1 fully saturated rings.